The zero-order valence-corrected chi connectivity index (χ0v) is 20.0. The van der Waals surface area contributed by atoms with Gasteiger partial charge in [0.25, 0.3) is 10.0 Å². The maximum Gasteiger partial charge on any atom is 0.268 e. The molecule has 0 fully saturated rings. The predicted octanol–water partition coefficient (Wildman–Crippen LogP) is 5.95. The van der Waals surface area contributed by atoms with Gasteiger partial charge in [0.1, 0.15) is 12.1 Å². The van der Waals surface area contributed by atoms with E-state index in [4.69, 9.17) is 0 Å². The Balaban J connectivity index is 1.52. The van der Waals surface area contributed by atoms with Crippen LogP contribution in [0.15, 0.2) is 90.2 Å². The number of hydrogen-bond donors (Lipinski definition) is 1. The molecule has 2 heterocycles. The third-order valence-corrected chi connectivity index (χ3v) is 7.64. The van der Waals surface area contributed by atoms with Gasteiger partial charge in [-0.2, -0.15) is 0 Å². The van der Waals surface area contributed by atoms with Crippen LogP contribution in [-0.2, 0) is 10.0 Å². The van der Waals surface area contributed by atoms with Crippen LogP contribution in [0.25, 0.3) is 32.9 Å². The fourth-order valence-electron chi connectivity index (χ4n) is 4.07. The normalized spacial score (nSPS) is 12.0. The van der Waals surface area contributed by atoms with E-state index in [1.54, 1.807) is 42.9 Å². The third kappa shape index (κ3) is 4.15. The number of rotatable bonds is 7. The minimum absolute atomic E-state index is 0.267. The highest BCUT2D eigenvalue weighted by atomic mass is 32.2. The van der Waals surface area contributed by atoms with Gasteiger partial charge in [-0.1, -0.05) is 44.2 Å². The van der Waals surface area contributed by atoms with Gasteiger partial charge in [-0.3, -0.25) is 0 Å². The highest BCUT2D eigenvalue weighted by Gasteiger charge is 2.18. The minimum Gasteiger partial charge on any atom is -0.369 e. The number of fused-ring (bicyclic) bond motifs is 2. The Hall–Kier alpha value is -3.71. The molecule has 0 aliphatic carbocycles. The number of nitrogens with one attached hydrogen (secondary N) is 1. The molecule has 6 nitrogen and oxygen atoms in total. The van der Waals surface area contributed by atoms with E-state index >= 15 is 0 Å². The van der Waals surface area contributed by atoms with E-state index in [1.807, 2.05) is 36.4 Å². The van der Waals surface area contributed by atoms with Crippen LogP contribution in [-0.4, -0.2) is 28.9 Å². The molecule has 5 rings (SSSR count). The van der Waals surface area contributed by atoms with Crippen LogP contribution in [0.2, 0.25) is 0 Å². The predicted molar refractivity (Wildman–Crippen MR) is 137 cm³/mol. The van der Waals surface area contributed by atoms with Crippen molar-refractivity contribution in [3.8, 4) is 11.1 Å². The number of hydrogen-bond acceptors (Lipinski definition) is 5. The second-order valence-electron chi connectivity index (χ2n) is 8.77. The monoisotopic (exact) mass is 470 g/mol. The van der Waals surface area contributed by atoms with Gasteiger partial charge >= 0.3 is 0 Å². The van der Waals surface area contributed by atoms with Crippen molar-refractivity contribution in [2.24, 2.45) is 5.92 Å². The molecular weight excluding hydrogens is 444 g/mol. The van der Waals surface area contributed by atoms with Gasteiger partial charge in [0.15, 0.2) is 0 Å². The summed E-state index contributed by atoms with van der Waals surface area (Å²) in [6.07, 6.45) is 4.26. The minimum atomic E-state index is -3.66. The maximum atomic E-state index is 13.1. The first kappa shape index (κ1) is 22.1. The number of aromatic nitrogens is 3. The lowest BCUT2D eigenvalue weighted by Crippen LogP contribution is -2.11. The zero-order valence-electron chi connectivity index (χ0n) is 19.1. The molecule has 172 valence electrons. The van der Waals surface area contributed by atoms with Gasteiger partial charge in [0.05, 0.1) is 15.9 Å². The average Bonchev–Trinajstić information content (AvgIpc) is 3.28. The van der Waals surface area contributed by atoms with Crippen molar-refractivity contribution < 1.29 is 8.42 Å². The second-order valence-corrected chi connectivity index (χ2v) is 10.6. The fourth-order valence-corrected chi connectivity index (χ4v) is 5.44. The van der Waals surface area contributed by atoms with Gasteiger partial charge in [-0.15, -0.1) is 0 Å². The smallest absolute Gasteiger partial charge is 0.268 e. The molecule has 7 heteroatoms. The second kappa shape index (κ2) is 8.91. The van der Waals surface area contributed by atoms with Crippen molar-refractivity contribution in [1.29, 1.82) is 0 Å². The van der Waals surface area contributed by atoms with Gasteiger partial charge in [0.2, 0.25) is 0 Å². The summed E-state index contributed by atoms with van der Waals surface area (Å²) in [5, 5.41) is 5.27. The topological polar surface area (TPSA) is 76.9 Å². The van der Waals surface area contributed by atoms with Gasteiger partial charge in [-0.25, -0.2) is 22.4 Å². The van der Waals surface area contributed by atoms with Gasteiger partial charge < -0.3 is 5.32 Å². The molecule has 3 aromatic carbocycles. The Kier molecular flexibility index (Phi) is 5.79. The summed E-state index contributed by atoms with van der Waals surface area (Å²) in [7, 11) is -3.66. The van der Waals surface area contributed by atoms with E-state index in [2.05, 4.69) is 35.2 Å². The van der Waals surface area contributed by atoms with E-state index in [1.165, 1.54) is 3.97 Å². The molecule has 0 radical (unpaired) electrons. The van der Waals surface area contributed by atoms with E-state index < -0.39 is 10.0 Å². The average molecular weight is 471 g/mol. The number of benzene rings is 3. The van der Waals surface area contributed by atoms with Crippen LogP contribution in [0.5, 0.6) is 0 Å². The lowest BCUT2D eigenvalue weighted by molar-refractivity contribution is 0.589. The molecular formula is C27H26N4O2S. The van der Waals surface area contributed by atoms with Crippen LogP contribution >= 0.6 is 0 Å². The Morgan fingerprint density at radius 2 is 1.68 bits per heavy atom. The van der Waals surface area contributed by atoms with Crippen molar-refractivity contribution in [3.63, 3.8) is 0 Å². The van der Waals surface area contributed by atoms with Crippen molar-refractivity contribution in [3.05, 3.63) is 85.3 Å². The Morgan fingerprint density at radius 3 is 2.47 bits per heavy atom. The van der Waals surface area contributed by atoms with E-state index in [0.717, 1.165) is 46.2 Å². The molecule has 1 N–H and O–H groups in total. The quantitative estimate of drug-likeness (QED) is 0.318. The summed E-state index contributed by atoms with van der Waals surface area (Å²) in [5.74, 6) is 1.44. The summed E-state index contributed by atoms with van der Waals surface area (Å²) in [5.41, 5.74) is 3.55. The number of anilines is 1. The van der Waals surface area contributed by atoms with Crippen molar-refractivity contribution in [1.82, 2.24) is 13.9 Å². The summed E-state index contributed by atoms with van der Waals surface area (Å²) in [6.45, 7) is 5.25. The third-order valence-electron chi connectivity index (χ3n) is 5.94. The molecule has 5 aromatic rings. The first-order chi connectivity index (χ1) is 16.4. The largest absolute Gasteiger partial charge is 0.369 e. The summed E-state index contributed by atoms with van der Waals surface area (Å²) in [4.78, 5) is 9.13. The highest BCUT2D eigenvalue weighted by Crippen LogP contribution is 2.30. The zero-order chi connectivity index (χ0) is 23.7. The first-order valence-electron chi connectivity index (χ1n) is 11.3. The summed E-state index contributed by atoms with van der Waals surface area (Å²) >= 11 is 0. The van der Waals surface area contributed by atoms with Crippen LogP contribution in [0.3, 0.4) is 0 Å². The molecule has 0 saturated carbocycles. The Bertz CT molecular complexity index is 1570. The Morgan fingerprint density at radius 1 is 0.912 bits per heavy atom. The molecule has 0 amide bonds. The molecule has 0 aliphatic rings. The summed E-state index contributed by atoms with van der Waals surface area (Å²) in [6, 6.07) is 22.3. The lowest BCUT2D eigenvalue weighted by atomic mass is 10.0. The van der Waals surface area contributed by atoms with Crippen molar-refractivity contribution in [2.45, 2.75) is 25.2 Å². The van der Waals surface area contributed by atoms with Crippen LogP contribution in [0, 0.1) is 5.92 Å². The molecule has 0 aliphatic heterocycles. The van der Waals surface area contributed by atoms with Gasteiger partial charge in [-0.05, 0) is 65.9 Å². The van der Waals surface area contributed by atoms with Gasteiger partial charge in [0, 0.05) is 23.5 Å². The molecule has 0 atom stereocenters. The van der Waals surface area contributed by atoms with E-state index in [0.29, 0.717) is 11.4 Å². The SMILES string of the molecule is CC(C)CCNc1ncnc2ccc(-c3ccc4c(ccn4S(=O)(=O)c4ccccc4)c3)cc12. The molecule has 0 spiro atoms. The summed E-state index contributed by atoms with van der Waals surface area (Å²) < 4.78 is 27.6. The van der Waals surface area contributed by atoms with Crippen molar-refractivity contribution in [2.75, 3.05) is 11.9 Å². The number of nitrogens with zero attached hydrogens (tertiary/aromatic N) is 3. The maximum absolute atomic E-state index is 13.1. The molecule has 0 unspecified atom stereocenters. The van der Waals surface area contributed by atoms with E-state index in [-0.39, 0.29) is 4.90 Å². The highest BCUT2D eigenvalue weighted by molar-refractivity contribution is 7.90. The standard InChI is InChI=1S/C27H26N4O2S/c1-19(2)12-14-28-27-24-17-21(8-10-25(24)29-18-30-27)20-9-11-26-22(16-20)13-15-31(26)34(32,33)23-6-4-3-5-7-23/h3-11,13,15-19H,12,14H2,1-2H3,(H,28,29,30). The molecule has 0 bridgehead atoms. The van der Waals surface area contributed by atoms with Crippen molar-refractivity contribution >= 4 is 37.6 Å². The fraction of sp³-hybridized carbons (Fsp3) is 0.185. The molecule has 0 saturated heterocycles. The Labute approximate surface area is 199 Å². The van der Waals surface area contributed by atoms with Crippen LogP contribution in [0.4, 0.5) is 5.82 Å². The van der Waals surface area contributed by atoms with E-state index in [9.17, 15) is 8.42 Å². The molecule has 34 heavy (non-hydrogen) atoms. The molecule has 2 aromatic heterocycles. The lowest BCUT2D eigenvalue weighted by Gasteiger charge is -2.11. The first-order valence-corrected chi connectivity index (χ1v) is 12.8. The van der Waals surface area contributed by atoms with Crippen LogP contribution < -0.4 is 5.32 Å². The van der Waals surface area contributed by atoms with Crippen LogP contribution in [0.1, 0.15) is 20.3 Å².